The third-order valence-electron chi connectivity index (χ3n) is 2.89. The molecule has 0 spiro atoms. The fraction of sp³-hybridized carbons (Fsp3) is 0.308. The van der Waals surface area contributed by atoms with E-state index in [9.17, 15) is 4.39 Å². The van der Waals surface area contributed by atoms with Crippen LogP contribution < -0.4 is 5.32 Å². The molecule has 0 unspecified atom stereocenters. The fourth-order valence-corrected chi connectivity index (χ4v) is 2.28. The van der Waals surface area contributed by atoms with E-state index in [1.165, 1.54) is 6.07 Å². The molecule has 0 aliphatic heterocycles. The largest absolute Gasteiger partial charge is 0.314 e. The average molecular weight is 268 g/mol. The lowest BCUT2D eigenvalue weighted by molar-refractivity contribution is 0.628. The first-order chi connectivity index (χ1) is 8.54. The van der Waals surface area contributed by atoms with Gasteiger partial charge in [-0.3, -0.25) is 4.68 Å². The second kappa shape index (κ2) is 5.08. The predicted molar refractivity (Wildman–Crippen MR) is 71.1 cm³/mol. The summed E-state index contributed by atoms with van der Waals surface area (Å²) >= 11 is 5.83. The highest BCUT2D eigenvalue weighted by Crippen LogP contribution is 2.30. The van der Waals surface area contributed by atoms with E-state index in [0.29, 0.717) is 6.54 Å². The third-order valence-corrected chi connectivity index (χ3v) is 3.18. The molecule has 0 radical (unpaired) electrons. The normalized spacial score (nSPS) is 10.9. The monoisotopic (exact) mass is 267 g/mol. The summed E-state index contributed by atoms with van der Waals surface area (Å²) in [6.07, 6.45) is 0. The summed E-state index contributed by atoms with van der Waals surface area (Å²) in [6, 6.07) is 4.75. The molecule has 1 aromatic heterocycles. The SMILES string of the molecule is CNCc1c(-c2ccc(F)c(Cl)c2)c(C)nn1C. The molecule has 0 saturated heterocycles. The van der Waals surface area contributed by atoms with Crippen molar-refractivity contribution in [3.63, 3.8) is 0 Å². The molecule has 2 aromatic rings. The number of benzene rings is 1. The molecule has 0 amide bonds. The van der Waals surface area contributed by atoms with Gasteiger partial charge in [0, 0.05) is 19.2 Å². The summed E-state index contributed by atoms with van der Waals surface area (Å²) in [4.78, 5) is 0. The Balaban J connectivity index is 2.58. The lowest BCUT2D eigenvalue weighted by Gasteiger charge is -2.07. The summed E-state index contributed by atoms with van der Waals surface area (Å²) in [7, 11) is 3.78. The molecule has 1 aromatic carbocycles. The van der Waals surface area contributed by atoms with Crippen LogP contribution in [-0.2, 0) is 13.6 Å². The molecule has 0 aliphatic carbocycles. The van der Waals surface area contributed by atoms with E-state index in [-0.39, 0.29) is 5.02 Å². The van der Waals surface area contributed by atoms with Crippen LogP contribution in [-0.4, -0.2) is 16.8 Å². The van der Waals surface area contributed by atoms with Crippen molar-refractivity contribution in [3.05, 3.63) is 40.4 Å². The van der Waals surface area contributed by atoms with Gasteiger partial charge >= 0.3 is 0 Å². The molecule has 5 heteroatoms. The van der Waals surface area contributed by atoms with Crippen LogP contribution in [0.3, 0.4) is 0 Å². The minimum absolute atomic E-state index is 0.131. The maximum absolute atomic E-state index is 13.2. The summed E-state index contributed by atoms with van der Waals surface area (Å²) in [5.41, 5.74) is 3.86. The van der Waals surface area contributed by atoms with E-state index in [2.05, 4.69) is 10.4 Å². The van der Waals surface area contributed by atoms with E-state index in [0.717, 1.165) is 22.5 Å². The van der Waals surface area contributed by atoms with E-state index < -0.39 is 5.82 Å². The molecule has 1 N–H and O–H groups in total. The Morgan fingerprint density at radius 2 is 2.17 bits per heavy atom. The summed E-state index contributed by atoms with van der Waals surface area (Å²) in [6.45, 7) is 2.63. The number of halogens is 2. The van der Waals surface area contributed by atoms with Gasteiger partial charge in [0.05, 0.1) is 16.4 Å². The second-order valence-electron chi connectivity index (χ2n) is 4.19. The van der Waals surface area contributed by atoms with Crippen LogP contribution in [0, 0.1) is 12.7 Å². The minimum atomic E-state index is -0.405. The van der Waals surface area contributed by atoms with Crippen molar-refractivity contribution in [2.24, 2.45) is 7.05 Å². The van der Waals surface area contributed by atoms with Gasteiger partial charge in [-0.05, 0) is 31.7 Å². The van der Waals surface area contributed by atoms with E-state index in [1.807, 2.05) is 25.7 Å². The number of aromatic nitrogens is 2. The Morgan fingerprint density at radius 3 is 2.78 bits per heavy atom. The minimum Gasteiger partial charge on any atom is -0.314 e. The zero-order valence-electron chi connectivity index (χ0n) is 10.6. The molecule has 18 heavy (non-hydrogen) atoms. The van der Waals surface area contributed by atoms with Crippen molar-refractivity contribution in [2.75, 3.05) is 7.05 Å². The van der Waals surface area contributed by atoms with Crippen molar-refractivity contribution < 1.29 is 4.39 Å². The number of nitrogens with one attached hydrogen (secondary N) is 1. The van der Waals surface area contributed by atoms with Crippen LogP contribution >= 0.6 is 11.6 Å². The quantitative estimate of drug-likeness (QED) is 0.927. The maximum atomic E-state index is 13.2. The molecule has 1 heterocycles. The fourth-order valence-electron chi connectivity index (χ4n) is 2.10. The molecule has 0 bridgehead atoms. The topological polar surface area (TPSA) is 29.9 Å². The first-order valence-corrected chi connectivity index (χ1v) is 6.05. The number of rotatable bonds is 3. The van der Waals surface area contributed by atoms with Crippen molar-refractivity contribution in [1.29, 1.82) is 0 Å². The van der Waals surface area contributed by atoms with Gasteiger partial charge in [0.25, 0.3) is 0 Å². The molecule has 0 aliphatic rings. The first-order valence-electron chi connectivity index (χ1n) is 5.67. The Kier molecular flexibility index (Phi) is 3.68. The number of hydrogen-bond donors (Lipinski definition) is 1. The molecule has 0 atom stereocenters. The lowest BCUT2D eigenvalue weighted by Crippen LogP contribution is -2.10. The highest BCUT2D eigenvalue weighted by Gasteiger charge is 2.15. The molecular formula is C13H15ClFN3. The van der Waals surface area contributed by atoms with Gasteiger partial charge in [-0.15, -0.1) is 0 Å². The van der Waals surface area contributed by atoms with Crippen LogP contribution in [0.15, 0.2) is 18.2 Å². The van der Waals surface area contributed by atoms with Crippen molar-refractivity contribution in [3.8, 4) is 11.1 Å². The Labute approximate surface area is 111 Å². The summed E-state index contributed by atoms with van der Waals surface area (Å²) in [5.74, 6) is -0.405. The van der Waals surface area contributed by atoms with Crippen molar-refractivity contribution in [1.82, 2.24) is 15.1 Å². The Morgan fingerprint density at radius 1 is 1.44 bits per heavy atom. The van der Waals surface area contributed by atoms with Crippen LogP contribution in [0.25, 0.3) is 11.1 Å². The third kappa shape index (κ3) is 2.26. The van der Waals surface area contributed by atoms with Gasteiger partial charge in [-0.25, -0.2) is 4.39 Å². The molecule has 0 fully saturated rings. The van der Waals surface area contributed by atoms with Gasteiger partial charge in [-0.1, -0.05) is 17.7 Å². The molecule has 0 saturated carbocycles. The van der Waals surface area contributed by atoms with Crippen LogP contribution in [0.5, 0.6) is 0 Å². The second-order valence-corrected chi connectivity index (χ2v) is 4.60. The first kappa shape index (κ1) is 13.1. The van der Waals surface area contributed by atoms with Gasteiger partial charge < -0.3 is 5.32 Å². The maximum Gasteiger partial charge on any atom is 0.141 e. The van der Waals surface area contributed by atoms with Crippen LogP contribution in [0.1, 0.15) is 11.4 Å². The Bertz CT molecular complexity index is 578. The number of aryl methyl sites for hydroxylation is 2. The highest BCUT2D eigenvalue weighted by molar-refractivity contribution is 6.31. The van der Waals surface area contributed by atoms with Crippen LogP contribution in [0.2, 0.25) is 5.02 Å². The summed E-state index contributed by atoms with van der Waals surface area (Å²) in [5, 5.41) is 7.64. The van der Waals surface area contributed by atoms with E-state index >= 15 is 0 Å². The Hall–Kier alpha value is -1.39. The lowest BCUT2D eigenvalue weighted by atomic mass is 10.0. The van der Waals surface area contributed by atoms with Crippen molar-refractivity contribution in [2.45, 2.75) is 13.5 Å². The predicted octanol–water partition coefficient (Wildman–Crippen LogP) is 2.91. The molecule has 2 rings (SSSR count). The molecule has 96 valence electrons. The van der Waals surface area contributed by atoms with Gasteiger partial charge in [0.1, 0.15) is 5.82 Å². The molecule has 3 nitrogen and oxygen atoms in total. The van der Waals surface area contributed by atoms with Crippen LogP contribution in [0.4, 0.5) is 4.39 Å². The van der Waals surface area contributed by atoms with E-state index in [4.69, 9.17) is 11.6 Å². The summed E-state index contributed by atoms with van der Waals surface area (Å²) < 4.78 is 15.0. The number of nitrogens with zero attached hydrogens (tertiary/aromatic N) is 2. The zero-order valence-corrected chi connectivity index (χ0v) is 11.3. The van der Waals surface area contributed by atoms with Gasteiger partial charge in [0.15, 0.2) is 0 Å². The molecular weight excluding hydrogens is 253 g/mol. The highest BCUT2D eigenvalue weighted by atomic mass is 35.5. The number of hydrogen-bond acceptors (Lipinski definition) is 2. The smallest absolute Gasteiger partial charge is 0.141 e. The van der Waals surface area contributed by atoms with Gasteiger partial charge in [0.2, 0.25) is 0 Å². The van der Waals surface area contributed by atoms with Crippen molar-refractivity contribution >= 4 is 11.6 Å². The standard InChI is InChI=1S/C13H15ClFN3/c1-8-13(12(7-16-2)18(3)17-8)9-4-5-11(15)10(14)6-9/h4-6,16H,7H2,1-3H3. The average Bonchev–Trinajstić information content (AvgIpc) is 2.59. The zero-order chi connectivity index (χ0) is 13.3. The van der Waals surface area contributed by atoms with Gasteiger partial charge in [-0.2, -0.15) is 5.10 Å². The van der Waals surface area contributed by atoms with E-state index in [1.54, 1.807) is 12.1 Å².